The minimum atomic E-state index is 0.323. The van der Waals surface area contributed by atoms with Crippen LogP contribution in [0.5, 0.6) is 0 Å². The molecule has 2 atom stereocenters. The van der Waals surface area contributed by atoms with Crippen molar-refractivity contribution in [2.75, 3.05) is 25.7 Å². The molecule has 0 radical (unpaired) electrons. The van der Waals surface area contributed by atoms with Crippen LogP contribution in [0.25, 0.3) is 0 Å². The predicted molar refractivity (Wildman–Crippen MR) is 79.3 cm³/mol. The third kappa shape index (κ3) is 6.91. The summed E-state index contributed by atoms with van der Waals surface area (Å²) >= 11 is 0. The molecule has 0 fully saturated rings. The van der Waals surface area contributed by atoms with Gasteiger partial charge in [-0.2, -0.15) is 0 Å². The van der Waals surface area contributed by atoms with Gasteiger partial charge >= 0.3 is 0 Å². The maximum Gasteiger partial charge on any atom is -0.00134 e. The van der Waals surface area contributed by atoms with Crippen molar-refractivity contribution in [3.05, 3.63) is 0 Å². The fraction of sp³-hybridized carbons (Fsp3) is 1.00. The number of rotatable bonds is 9. The summed E-state index contributed by atoms with van der Waals surface area (Å²) in [6, 6.07) is 0. The van der Waals surface area contributed by atoms with Crippen LogP contribution >= 0.6 is 15.8 Å². The molecule has 15 heavy (non-hydrogen) atoms. The summed E-state index contributed by atoms with van der Waals surface area (Å²) in [7, 11) is 0.646. The highest BCUT2D eigenvalue weighted by Gasteiger charge is 2.20. The molecule has 2 unspecified atom stereocenters. The minimum absolute atomic E-state index is 0.323. The molecule has 0 aromatic carbocycles. The molecule has 0 aliphatic carbocycles. The van der Waals surface area contributed by atoms with Gasteiger partial charge in [-0.25, -0.2) is 0 Å². The van der Waals surface area contributed by atoms with Crippen molar-refractivity contribution in [3.63, 3.8) is 0 Å². The summed E-state index contributed by atoms with van der Waals surface area (Å²) in [5.74, 6) is 0. The first kappa shape index (κ1) is 15.9. The van der Waals surface area contributed by atoms with Crippen LogP contribution in [0.4, 0.5) is 0 Å². The molecule has 92 valence electrons. The number of unbranched alkanes of at least 4 members (excludes halogenated alkanes) is 2. The van der Waals surface area contributed by atoms with Gasteiger partial charge in [0.1, 0.15) is 0 Å². The fourth-order valence-corrected chi connectivity index (χ4v) is 8.93. The third-order valence-electron chi connectivity index (χ3n) is 3.11. The van der Waals surface area contributed by atoms with Crippen LogP contribution in [0.1, 0.15) is 52.9 Å². The van der Waals surface area contributed by atoms with Gasteiger partial charge in [0.05, 0.1) is 0 Å². The van der Waals surface area contributed by atoms with Crippen LogP contribution in [0, 0.1) is 0 Å². The lowest BCUT2D eigenvalue weighted by molar-refractivity contribution is 0.877. The Hall–Kier alpha value is 0.860. The molecule has 0 heterocycles. The van der Waals surface area contributed by atoms with Crippen molar-refractivity contribution < 1.29 is 0 Å². The van der Waals surface area contributed by atoms with Gasteiger partial charge in [0.2, 0.25) is 0 Å². The van der Waals surface area contributed by atoms with Gasteiger partial charge in [-0.05, 0) is 50.3 Å². The summed E-state index contributed by atoms with van der Waals surface area (Å²) < 4.78 is 0. The van der Waals surface area contributed by atoms with E-state index in [9.17, 15) is 0 Å². The van der Waals surface area contributed by atoms with E-state index in [1.54, 1.807) is 0 Å². The molecule has 0 saturated carbocycles. The Kier molecular flexibility index (Phi) is 10.6. The van der Waals surface area contributed by atoms with E-state index in [4.69, 9.17) is 0 Å². The Balaban J connectivity index is 3.96. The normalized spacial score (nSPS) is 17.4. The van der Waals surface area contributed by atoms with Gasteiger partial charge in [-0.3, -0.25) is 0 Å². The molecule has 0 rings (SSSR count). The Morgan fingerprint density at radius 2 is 1.20 bits per heavy atom. The minimum Gasteiger partial charge on any atom is -0.102 e. The van der Waals surface area contributed by atoms with E-state index >= 15 is 0 Å². The Bertz CT molecular complexity index is 122. The van der Waals surface area contributed by atoms with Crippen LogP contribution in [0.15, 0.2) is 0 Å². The molecule has 0 bridgehead atoms. The molecule has 0 N–H and O–H groups in total. The second-order valence-electron chi connectivity index (χ2n) is 4.56. The Labute approximate surface area is 100 Å². The largest absolute Gasteiger partial charge is 0.102 e. The highest BCUT2D eigenvalue weighted by atomic mass is 31.2. The van der Waals surface area contributed by atoms with Gasteiger partial charge in [-0.15, -0.1) is 15.8 Å². The highest BCUT2D eigenvalue weighted by molar-refractivity contribution is 7.75. The van der Waals surface area contributed by atoms with E-state index in [0.717, 1.165) is 5.40 Å². The van der Waals surface area contributed by atoms with Crippen LogP contribution in [0.3, 0.4) is 0 Å². The molecular formula is C13H30P2. The predicted octanol–water partition coefficient (Wildman–Crippen LogP) is 5.55. The van der Waals surface area contributed by atoms with Crippen molar-refractivity contribution >= 4 is 15.8 Å². The topological polar surface area (TPSA) is 0 Å². The van der Waals surface area contributed by atoms with E-state index in [1.165, 1.54) is 44.4 Å². The standard InChI is InChI=1S/C13H30P2/c1-6-9-11-14(4)13(8-3)15(5)12-10-7-2/h13H,6-12H2,1-5H3. The molecule has 0 aliphatic rings. The van der Waals surface area contributed by atoms with Crippen LogP contribution < -0.4 is 0 Å². The van der Waals surface area contributed by atoms with Gasteiger partial charge in [0.25, 0.3) is 0 Å². The lowest BCUT2D eigenvalue weighted by atomic mass is 10.4. The van der Waals surface area contributed by atoms with Crippen molar-refractivity contribution in [1.82, 2.24) is 0 Å². The van der Waals surface area contributed by atoms with E-state index in [2.05, 4.69) is 34.1 Å². The van der Waals surface area contributed by atoms with E-state index in [1.807, 2.05) is 0 Å². The van der Waals surface area contributed by atoms with Gasteiger partial charge in [-0.1, -0.05) is 33.6 Å². The average molecular weight is 248 g/mol. The third-order valence-corrected chi connectivity index (χ3v) is 10.3. The van der Waals surface area contributed by atoms with E-state index in [-0.39, 0.29) is 0 Å². The first-order valence-electron chi connectivity index (χ1n) is 6.57. The SMILES string of the molecule is CCCCP(C)C(CC)P(C)CCCC. The quantitative estimate of drug-likeness (QED) is 0.469. The van der Waals surface area contributed by atoms with E-state index in [0.29, 0.717) is 15.8 Å². The average Bonchev–Trinajstić information content (AvgIpc) is 2.24. The van der Waals surface area contributed by atoms with Crippen LogP contribution in [-0.4, -0.2) is 31.1 Å². The molecule has 0 saturated heterocycles. The molecule has 0 spiro atoms. The zero-order valence-corrected chi connectivity index (χ0v) is 13.2. The smallest absolute Gasteiger partial charge is 0.00134 e. The van der Waals surface area contributed by atoms with Crippen molar-refractivity contribution in [2.45, 2.75) is 58.3 Å². The number of hydrogen-bond donors (Lipinski definition) is 0. The van der Waals surface area contributed by atoms with Crippen LogP contribution in [0.2, 0.25) is 0 Å². The maximum atomic E-state index is 2.55. The molecule has 0 nitrogen and oxygen atoms in total. The highest BCUT2D eigenvalue weighted by Crippen LogP contribution is 2.56. The molecule has 0 aromatic rings. The second kappa shape index (κ2) is 10.0. The Morgan fingerprint density at radius 3 is 1.47 bits per heavy atom. The molecule has 0 amide bonds. The van der Waals surface area contributed by atoms with Crippen LogP contribution in [-0.2, 0) is 0 Å². The summed E-state index contributed by atoms with van der Waals surface area (Å²) in [5.41, 5.74) is 0. The van der Waals surface area contributed by atoms with Crippen molar-refractivity contribution in [3.8, 4) is 0 Å². The second-order valence-corrected chi connectivity index (χ2v) is 10.1. The summed E-state index contributed by atoms with van der Waals surface area (Å²) in [6.45, 7) is 12.1. The lowest BCUT2D eigenvalue weighted by Gasteiger charge is -2.29. The molecule has 0 aromatic heterocycles. The van der Waals surface area contributed by atoms with Gasteiger partial charge in [0, 0.05) is 0 Å². The zero-order valence-electron chi connectivity index (χ0n) is 11.4. The monoisotopic (exact) mass is 248 g/mol. The summed E-state index contributed by atoms with van der Waals surface area (Å²) in [5, 5.41) is 1.09. The molecular weight excluding hydrogens is 218 g/mol. The first-order valence-corrected chi connectivity index (χ1v) is 10.7. The van der Waals surface area contributed by atoms with Gasteiger partial charge < -0.3 is 0 Å². The summed E-state index contributed by atoms with van der Waals surface area (Å²) in [6.07, 6.45) is 10.1. The lowest BCUT2D eigenvalue weighted by Crippen LogP contribution is -2.05. The van der Waals surface area contributed by atoms with Crippen molar-refractivity contribution in [2.24, 2.45) is 0 Å². The Morgan fingerprint density at radius 1 is 0.800 bits per heavy atom. The summed E-state index contributed by atoms with van der Waals surface area (Å²) in [4.78, 5) is 0. The van der Waals surface area contributed by atoms with Crippen molar-refractivity contribution in [1.29, 1.82) is 0 Å². The molecule has 0 aliphatic heterocycles. The first-order chi connectivity index (χ1) is 7.17. The van der Waals surface area contributed by atoms with E-state index < -0.39 is 0 Å². The molecule has 2 heteroatoms. The maximum absolute atomic E-state index is 2.55. The number of hydrogen-bond acceptors (Lipinski definition) is 0. The van der Waals surface area contributed by atoms with Gasteiger partial charge in [0.15, 0.2) is 0 Å². The zero-order chi connectivity index (χ0) is 11.7. The fourth-order valence-electron chi connectivity index (χ4n) is 2.07.